The van der Waals surface area contributed by atoms with E-state index in [4.69, 9.17) is 6.42 Å². The Morgan fingerprint density at radius 2 is 2.25 bits per heavy atom. The molecule has 1 heterocycles. The highest BCUT2D eigenvalue weighted by Gasteiger charge is 2.05. The summed E-state index contributed by atoms with van der Waals surface area (Å²) in [6.45, 7) is 0. The number of pyridine rings is 1. The summed E-state index contributed by atoms with van der Waals surface area (Å²) in [5.41, 5.74) is 1.60. The fourth-order valence-electron chi connectivity index (χ4n) is 1.58. The average molecular weight is 209 g/mol. The van der Waals surface area contributed by atoms with Crippen LogP contribution >= 0.6 is 0 Å². The number of hydrogen-bond acceptors (Lipinski definition) is 2. The minimum atomic E-state index is 0.0868. The molecule has 1 aromatic heterocycles. The van der Waals surface area contributed by atoms with Gasteiger partial charge in [-0.3, -0.25) is 9.78 Å². The Kier molecular flexibility index (Phi) is 2.98. The highest BCUT2D eigenvalue weighted by molar-refractivity contribution is 5.99. The second-order valence-corrected chi connectivity index (χ2v) is 3.54. The molecule has 0 radical (unpaired) electrons. The lowest BCUT2D eigenvalue weighted by Crippen LogP contribution is -1.98. The molecule has 0 saturated carbocycles. The second kappa shape index (κ2) is 4.59. The highest BCUT2D eigenvalue weighted by atomic mass is 16.1. The summed E-state index contributed by atoms with van der Waals surface area (Å²) in [6, 6.07) is 9.33. The molecule has 0 aliphatic heterocycles. The number of terminal acetylenes is 1. The number of aromatic nitrogens is 1. The van der Waals surface area contributed by atoms with Gasteiger partial charge >= 0.3 is 0 Å². The Labute approximate surface area is 94.3 Å². The Hall–Kier alpha value is -2.14. The van der Waals surface area contributed by atoms with E-state index in [0.29, 0.717) is 18.4 Å². The number of carbonyl (C=O) groups is 1. The predicted molar refractivity (Wildman–Crippen MR) is 64.1 cm³/mol. The molecule has 0 amide bonds. The molecule has 0 fully saturated rings. The fourth-order valence-corrected chi connectivity index (χ4v) is 1.58. The lowest BCUT2D eigenvalue weighted by Gasteiger charge is -2.01. The van der Waals surface area contributed by atoms with Gasteiger partial charge in [0, 0.05) is 30.0 Å². The Bertz CT molecular complexity index is 566. The van der Waals surface area contributed by atoms with Crippen molar-refractivity contribution in [3.8, 4) is 12.3 Å². The molecule has 0 aliphatic carbocycles. The minimum absolute atomic E-state index is 0.0868. The van der Waals surface area contributed by atoms with Crippen LogP contribution < -0.4 is 0 Å². The molecular weight excluding hydrogens is 198 g/mol. The van der Waals surface area contributed by atoms with Gasteiger partial charge in [0.05, 0.1) is 5.52 Å². The third-order valence-electron chi connectivity index (χ3n) is 2.42. The van der Waals surface area contributed by atoms with Gasteiger partial charge in [-0.1, -0.05) is 6.07 Å². The van der Waals surface area contributed by atoms with Crippen molar-refractivity contribution in [2.75, 3.05) is 0 Å². The maximum atomic E-state index is 11.7. The van der Waals surface area contributed by atoms with Gasteiger partial charge in [-0.2, -0.15) is 0 Å². The fraction of sp³-hybridized carbons (Fsp3) is 0.143. The number of fused-ring (bicyclic) bond motifs is 1. The van der Waals surface area contributed by atoms with Gasteiger partial charge in [0.1, 0.15) is 0 Å². The number of carbonyl (C=O) groups excluding carboxylic acids is 1. The molecule has 16 heavy (non-hydrogen) atoms. The van der Waals surface area contributed by atoms with Crippen LogP contribution in [0.1, 0.15) is 23.2 Å². The van der Waals surface area contributed by atoms with Crippen LogP contribution in [-0.2, 0) is 0 Å². The van der Waals surface area contributed by atoms with Crippen LogP contribution in [0.3, 0.4) is 0 Å². The third kappa shape index (κ3) is 2.09. The lowest BCUT2D eigenvalue weighted by molar-refractivity contribution is 0.0984. The quantitative estimate of drug-likeness (QED) is 0.574. The molecular formula is C14H11NO. The van der Waals surface area contributed by atoms with Crippen LogP contribution in [0.4, 0.5) is 0 Å². The summed E-state index contributed by atoms with van der Waals surface area (Å²) >= 11 is 0. The predicted octanol–water partition coefficient (Wildman–Crippen LogP) is 2.83. The van der Waals surface area contributed by atoms with Gasteiger partial charge in [0.15, 0.2) is 5.78 Å². The Morgan fingerprint density at radius 3 is 3.06 bits per heavy atom. The van der Waals surface area contributed by atoms with E-state index in [-0.39, 0.29) is 5.78 Å². The zero-order valence-corrected chi connectivity index (χ0v) is 8.81. The molecule has 0 aliphatic rings. The van der Waals surface area contributed by atoms with Crippen LogP contribution in [-0.4, -0.2) is 10.8 Å². The van der Waals surface area contributed by atoms with Gasteiger partial charge in [0.25, 0.3) is 0 Å². The zero-order valence-electron chi connectivity index (χ0n) is 8.81. The SMILES string of the molecule is C#CCCC(=O)c1ccc2ncccc2c1. The largest absolute Gasteiger partial charge is 0.294 e. The summed E-state index contributed by atoms with van der Waals surface area (Å²) < 4.78 is 0. The van der Waals surface area contributed by atoms with Crippen molar-refractivity contribution in [2.45, 2.75) is 12.8 Å². The molecule has 0 spiro atoms. The number of benzene rings is 1. The molecule has 2 aromatic rings. The summed E-state index contributed by atoms with van der Waals surface area (Å²) in [4.78, 5) is 15.9. The van der Waals surface area contributed by atoms with E-state index in [2.05, 4.69) is 10.9 Å². The van der Waals surface area contributed by atoms with Gasteiger partial charge in [0.2, 0.25) is 0 Å². The van der Waals surface area contributed by atoms with Crippen LogP contribution in [0, 0.1) is 12.3 Å². The zero-order chi connectivity index (χ0) is 11.4. The maximum Gasteiger partial charge on any atom is 0.163 e. The molecule has 0 saturated heterocycles. The van der Waals surface area contributed by atoms with E-state index in [9.17, 15) is 4.79 Å². The standard InChI is InChI=1S/C14H11NO/c1-2-3-6-14(16)12-7-8-13-11(10-12)5-4-9-15-13/h1,4-5,7-10H,3,6H2. The summed E-state index contributed by atoms with van der Waals surface area (Å²) in [5.74, 6) is 2.56. The van der Waals surface area contributed by atoms with Crippen LogP contribution in [0.15, 0.2) is 36.5 Å². The average Bonchev–Trinajstić information content (AvgIpc) is 2.35. The van der Waals surface area contributed by atoms with Crippen molar-refractivity contribution < 1.29 is 4.79 Å². The third-order valence-corrected chi connectivity index (χ3v) is 2.42. The Balaban J connectivity index is 2.33. The van der Waals surface area contributed by atoms with Crippen molar-refractivity contribution in [2.24, 2.45) is 0 Å². The minimum Gasteiger partial charge on any atom is -0.294 e. The summed E-state index contributed by atoms with van der Waals surface area (Å²) in [5, 5.41) is 0.981. The molecule has 2 rings (SSSR count). The summed E-state index contributed by atoms with van der Waals surface area (Å²) in [6.07, 6.45) is 7.77. The molecule has 2 heteroatoms. The van der Waals surface area contributed by atoms with Crippen molar-refractivity contribution >= 4 is 16.7 Å². The molecule has 2 nitrogen and oxygen atoms in total. The smallest absolute Gasteiger partial charge is 0.163 e. The van der Waals surface area contributed by atoms with E-state index in [0.717, 1.165) is 10.9 Å². The van der Waals surface area contributed by atoms with Crippen LogP contribution in [0.5, 0.6) is 0 Å². The molecule has 0 N–H and O–H groups in total. The first kappa shape index (κ1) is 10.4. The van der Waals surface area contributed by atoms with Crippen molar-refractivity contribution in [1.29, 1.82) is 0 Å². The molecule has 1 aromatic carbocycles. The van der Waals surface area contributed by atoms with Crippen molar-refractivity contribution in [3.63, 3.8) is 0 Å². The van der Waals surface area contributed by atoms with E-state index in [1.807, 2.05) is 24.3 Å². The number of hydrogen-bond donors (Lipinski definition) is 0. The van der Waals surface area contributed by atoms with Gasteiger partial charge < -0.3 is 0 Å². The number of rotatable bonds is 3. The number of nitrogens with zero attached hydrogens (tertiary/aromatic N) is 1. The van der Waals surface area contributed by atoms with Gasteiger partial charge in [-0.25, -0.2) is 0 Å². The van der Waals surface area contributed by atoms with E-state index >= 15 is 0 Å². The van der Waals surface area contributed by atoms with Crippen LogP contribution in [0.2, 0.25) is 0 Å². The van der Waals surface area contributed by atoms with E-state index in [1.54, 1.807) is 12.3 Å². The van der Waals surface area contributed by atoms with Crippen LogP contribution in [0.25, 0.3) is 10.9 Å². The molecule has 0 unspecified atom stereocenters. The summed E-state index contributed by atoms with van der Waals surface area (Å²) in [7, 11) is 0. The van der Waals surface area contributed by atoms with E-state index in [1.165, 1.54) is 0 Å². The second-order valence-electron chi connectivity index (χ2n) is 3.54. The van der Waals surface area contributed by atoms with Gasteiger partial charge in [-0.15, -0.1) is 12.3 Å². The first-order chi connectivity index (χ1) is 7.81. The van der Waals surface area contributed by atoms with E-state index < -0.39 is 0 Å². The normalized spacial score (nSPS) is 9.94. The first-order valence-corrected chi connectivity index (χ1v) is 5.13. The lowest BCUT2D eigenvalue weighted by atomic mass is 10.0. The van der Waals surface area contributed by atoms with Gasteiger partial charge in [-0.05, 0) is 24.3 Å². The van der Waals surface area contributed by atoms with Crippen molar-refractivity contribution in [1.82, 2.24) is 4.98 Å². The number of ketones is 1. The highest BCUT2D eigenvalue weighted by Crippen LogP contribution is 2.14. The maximum absolute atomic E-state index is 11.7. The monoisotopic (exact) mass is 209 g/mol. The molecule has 0 atom stereocenters. The molecule has 0 bridgehead atoms. The molecule has 78 valence electrons. The first-order valence-electron chi connectivity index (χ1n) is 5.13. The van der Waals surface area contributed by atoms with Crippen molar-refractivity contribution in [3.05, 3.63) is 42.1 Å². The number of Topliss-reactive ketones (excluding diaryl/α,β-unsaturated/α-hetero) is 1. The Morgan fingerprint density at radius 1 is 1.38 bits per heavy atom. The topological polar surface area (TPSA) is 30.0 Å².